The standard InChI is InChI=1S/C10H11N5O3/c1-7-4-8(15(16)17)10(12-5-7)11-3-2-9-13-6-14-18-9/h4-6H,2-3H2,1H3,(H,11,12). The number of hydrogen-bond acceptors (Lipinski definition) is 7. The summed E-state index contributed by atoms with van der Waals surface area (Å²) in [5.74, 6) is 0.711. The molecule has 0 spiro atoms. The lowest BCUT2D eigenvalue weighted by Crippen LogP contribution is -2.08. The number of hydrogen-bond donors (Lipinski definition) is 1. The number of rotatable bonds is 5. The van der Waals surface area contributed by atoms with Crippen LogP contribution < -0.4 is 5.32 Å². The molecule has 0 amide bonds. The van der Waals surface area contributed by atoms with Gasteiger partial charge < -0.3 is 9.84 Å². The topological polar surface area (TPSA) is 107 Å². The van der Waals surface area contributed by atoms with E-state index in [9.17, 15) is 10.1 Å². The van der Waals surface area contributed by atoms with Crippen molar-refractivity contribution in [1.82, 2.24) is 15.1 Å². The molecule has 0 aromatic carbocycles. The third-order valence-electron chi connectivity index (χ3n) is 2.24. The van der Waals surface area contributed by atoms with Gasteiger partial charge in [0.15, 0.2) is 6.33 Å². The summed E-state index contributed by atoms with van der Waals surface area (Å²) in [6.07, 6.45) is 3.36. The van der Waals surface area contributed by atoms with E-state index < -0.39 is 4.92 Å². The van der Waals surface area contributed by atoms with Crippen molar-refractivity contribution in [3.05, 3.63) is 40.2 Å². The Kier molecular flexibility index (Phi) is 3.46. The zero-order valence-corrected chi connectivity index (χ0v) is 9.66. The van der Waals surface area contributed by atoms with Crippen LogP contribution in [0.4, 0.5) is 11.5 Å². The van der Waals surface area contributed by atoms with Crippen LogP contribution in [0.1, 0.15) is 11.5 Å². The number of anilines is 1. The zero-order valence-electron chi connectivity index (χ0n) is 9.66. The monoisotopic (exact) mass is 249 g/mol. The maximum absolute atomic E-state index is 10.9. The minimum absolute atomic E-state index is 0.0412. The summed E-state index contributed by atoms with van der Waals surface area (Å²) in [6, 6.07) is 1.47. The minimum atomic E-state index is -0.463. The van der Waals surface area contributed by atoms with Gasteiger partial charge >= 0.3 is 5.69 Å². The fraction of sp³-hybridized carbons (Fsp3) is 0.300. The van der Waals surface area contributed by atoms with Crippen molar-refractivity contribution >= 4 is 11.5 Å². The Morgan fingerprint density at radius 1 is 1.50 bits per heavy atom. The Labute approximate surface area is 102 Å². The predicted octanol–water partition coefficient (Wildman–Crippen LogP) is 1.34. The van der Waals surface area contributed by atoms with Crippen molar-refractivity contribution in [1.29, 1.82) is 0 Å². The third-order valence-corrected chi connectivity index (χ3v) is 2.24. The first-order valence-corrected chi connectivity index (χ1v) is 5.27. The zero-order chi connectivity index (χ0) is 13.0. The van der Waals surface area contributed by atoms with Crippen LogP contribution in [0.15, 0.2) is 23.1 Å². The van der Waals surface area contributed by atoms with Crippen molar-refractivity contribution in [3.8, 4) is 0 Å². The number of aryl methyl sites for hydroxylation is 1. The molecule has 0 aliphatic rings. The lowest BCUT2D eigenvalue weighted by Gasteiger charge is -2.04. The Balaban J connectivity index is 2.02. The number of nitrogens with one attached hydrogen (secondary N) is 1. The molecule has 0 radical (unpaired) electrons. The van der Waals surface area contributed by atoms with E-state index in [4.69, 9.17) is 4.52 Å². The average Bonchev–Trinajstić information content (AvgIpc) is 2.84. The maximum Gasteiger partial charge on any atom is 0.311 e. The van der Waals surface area contributed by atoms with Crippen molar-refractivity contribution in [2.75, 3.05) is 11.9 Å². The first-order valence-electron chi connectivity index (χ1n) is 5.27. The molecule has 0 saturated carbocycles. The molecule has 0 bridgehead atoms. The van der Waals surface area contributed by atoms with Crippen LogP contribution in [0.2, 0.25) is 0 Å². The largest absolute Gasteiger partial charge is 0.364 e. The summed E-state index contributed by atoms with van der Waals surface area (Å²) >= 11 is 0. The lowest BCUT2D eigenvalue weighted by molar-refractivity contribution is -0.384. The Hall–Kier alpha value is -2.51. The minimum Gasteiger partial charge on any atom is -0.364 e. The molecular weight excluding hydrogens is 238 g/mol. The normalized spacial score (nSPS) is 10.3. The smallest absolute Gasteiger partial charge is 0.311 e. The van der Waals surface area contributed by atoms with Crippen LogP contribution >= 0.6 is 0 Å². The van der Waals surface area contributed by atoms with E-state index in [2.05, 4.69) is 20.4 Å². The van der Waals surface area contributed by atoms with Gasteiger partial charge in [0.1, 0.15) is 0 Å². The molecule has 0 saturated heterocycles. The number of nitrogens with zero attached hydrogens (tertiary/aromatic N) is 4. The molecule has 2 heterocycles. The van der Waals surface area contributed by atoms with Crippen molar-refractivity contribution in [3.63, 3.8) is 0 Å². The number of pyridine rings is 1. The highest BCUT2D eigenvalue weighted by atomic mass is 16.6. The van der Waals surface area contributed by atoms with Crippen LogP contribution in [-0.4, -0.2) is 26.6 Å². The molecule has 0 aliphatic heterocycles. The van der Waals surface area contributed by atoms with Crippen molar-refractivity contribution in [2.45, 2.75) is 13.3 Å². The molecule has 8 nitrogen and oxygen atoms in total. The molecule has 0 aliphatic carbocycles. The SMILES string of the molecule is Cc1cnc(NCCc2ncno2)c([N+](=O)[O-])c1. The first-order chi connectivity index (χ1) is 8.66. The first kappa shape index (κ1) is 12.0. The Bertz CT molecular complexity index is 540. The molecule has 2 rings (SSSR count). The molecule has 18 heavy (non-hydrogen) atoms. The molecule has 94 valence electrons. The number of aromatic nitrogens is 3. The Morgan fingerprint density at radius 3 is 3.00 bits per heavy atom. The van der Waals surface area contributed by atoms with Crippen molar-refractivity contribution in [2.24, 2.45) is 0 Å². The summed E-state index contributed by atoms with van der Waals surface area (Å²) < 4.78 is 4.81. The van der Waals surface area contributed by atoms with E-state index in [0.717, 1.165) is 5.56 Å². The van der Waals surface area contributed by atoms with E-state index in [1.807, 2.05) is 0 Å². The summed E-state index contributed by atoms with van der Waals surface area (Å²) in [5, 5.41) is 17.2. The van der Waals surface area contributed by atoms with Crippen LogP contribution in [-0.2, 0) is 6.42 Å². The van der Waals surface area contributed by atoms with Gasteiger partial charge in [-0.1, -0.05) is 5.16 Å². The van der Waals surface area contributed by atoms with E-state index in [-0.39, 0.29) is 11.5 Å². The number of nitro groups is 1. The van der Waals surface area contributed by atoms with E-state index >= 15 is 0 Å². The van der Waals surface area contributed by atoms with E-state index in [0.29, 0.717) is 18.9 Å². The molecule has 0 fully saturated rings. The van der Waals surface area contributed by atoms with E-state index in [1.165, 1.54) is 12.4 Å². The fourth-order valence-corrected chi connectivity index (χ4v) is 1.42. The van der Waals surface area contributed by atoms with Crippen molar-refractivity contribution < 1.29 is 9.45 Å². The summed E-state index contributed by atoms with van der Waals surface area (Å²) in [4.78, 5) is 18.2. The van der Waals surface area contributed by atoms with Crippen LogP contribution in [0.5, 0.6) is 0 Å². The van der Waals surface area contributed by atoms with Gasteiger partial charge in [0.05, 0.1) is 4.92 Å². The summed E-state index contributed by atoms with van der Waals surface area (Å²) in [5.41, 5.74) is 0.699. The highest BCUT2D eigenvalue weighted by Gasteiger charge is 2.15. The second kappa shape index (κ2) is 5.21. The molecule has 1 N–H and O–H groups in total. The molecule has 0 unspecified atom stereocenters. The van der Waals surface area contributed by atoms with E-state index in [1.54, 1.807) is 13.1 Å². The Morgan fingerprint density at radius 2 is 2.33 bits per heavy atom. The highest BCUT2D eigenvalue weighted by Crippen LogP contribution is 2.22. The molecular formula is C10H11N5O3. The van der Waals surface area contributed by atoms with Gasteiger partial charge in [-0.3, -0.25) is 10.1 Å². The van der Waals surface area contributed by atoms with Gasteiger partial charge in [-0.25, -0.2) is 4.98 Å². The van der Waals surface area contributed by atoms with Crippen LogP contribution in [0.25, 0.3) is 0 Å². The summed E-state index contributed by atoms with van der Waals surface area (Å²) in [7, 11) is 0. The molecule has 8 heteroatoms. The van der Waals surface area contributed by atoms with Gasteiger partial charge in [0.2, 0.25) is 11.7 Å². The molecule has 0 atom stereocenters. The van der Waals surface area contributed by atoms with Gasteiger partial charge in [0, 0.05) is 25.2 Å². The molecule has 2 aromatic heterocycles. The van der Waals surface area contributed by atoms with Crippen LogP contribution in [0, 0.1) is 17.0 Å². The van der Waals surface area contributed by atoms with Gasteiger partial charge in [-0.15, -0.1) is 0 Å². The van der Waals surface area contributed by atoms with Gasteiger partial charge in [0.25, 0.3) is 0 Å². The van der Waals surface area contributed by atoms with Crippen LogP contribution in [0.3, 0.4) is 0 Å². The predicted molar refractivity (Wildman–Crippen MR) is 62.1 cm³/mol. The third kappa shape index (κ3) is 2.78. The van der Waals surface area contributed by atoms with Gasteiger partial charge in [-0.05, 0) is 12.5 Å². The maximum atomic E-state index is 10.9. The highest BCUT2D eigenvalue weighted by molar-refractivity contribution is 5.56. The lowest BCUT2D eigenvalue weighted by atomic mass is 10.3. The second-order valence-corrected chi connectivity index (χ2v) is 3.65. The fourth-order valence-electron chi connectivity index (χ4n) is 1.42. The quantitative estimate of drug-likeness (QED) is 0.629. The second-order valence-electron chi connectivity index (χ2n) is 3.65. The average molecular weight is 249 g/mol. The summed E-state index contributed by atoms with van der Waals surface area (Å²) in [6.45, 7) is 2.18. The van der Waals surface area contributed by atoms with Gasteiger partial charge in [-0.2, -0.15) is 4.98 Å². The molecule has 2 aromatic rings.